The molecule has 0 bridgehead atoms. The van der Waals surface area contributed by atoms with Crippen molar-refractivity contribution >= 4 is 27.6 Å². The van der Waals surface area contributed by atoms with Gasteiger partial charge in [-0.2, -0.15) is 0 Å². The molecule has 0 amide bonds. The summed E-state index contributed by atoms with van der Waals surface area (Å²) >= 11 is 5.55. The number of benzene rings is 1. The Kier molecular flexibility index (Phi) is 4.28. The molecule has 9 heteroatoms. The van der Waals surface area contributed by atoms with Crippen molar-refractivity contribution in [2.75, 3.05) is 13.2 Å². The third kappa shape index (κ3) is 3.09. The molecular weight excluding hydrogens is 313 g/mol. The van der Waals surface area contributed by atoms with Gasteiger partial charge in [0.05, 0.1) is 25.2 Å². The summed E-state index contributed by atoms with van der Waals surface area (Å²) in [6, 6.07) is 2.19. The Balaban J connectivity index is 2.25. The second-order valence-corrected chi connectivity index (χ2v) is 6.40. The van der Waals surface area contributed by atoms with Gasteiger partial charge < -0.3 is 9.84 Å². The van der Waals surface area contributed by atoms with Crippen LogP contribution < -0.4 is 4.72 Å². The Morgan fingerprint density at radius 3 is 2.75 bits per heavy atom. The van der Waals surface area contributed by atoms with E-state index >= 15 is 0 Å². The van der Waals surface area contributed by atoms with Crippen molar-refractivity contribution in [3.63, 3.8) is 0 Å². The SMILES string of the molecule is O=C(O)C1COCC1NS(=O)(=O)c1ccc(Cl)cc1F. The van der Waals surface area contributed by atoms with Crippen molar-refractivity contribution in [1.82, 2.24) is 4.72 Å². The average molecular weight is 324 g/mol. The Bertz CT molecular complexity index is 636. The lowest BCUT2D eigenvalue weighted by Gasteiger charge is -2.16. The molecule has 1 saturated heterocycles. The van der Waals surface area contributed by atoms with E-state index in [1.807, 2.05) is 0 Å². The zero-order chi connectivity index (χ0) is 14.9. The van der Waals surface area contributed by atoms with Gasteiger partial charge >= 0.3 is 5.97 Å². The summed E-state index contributed by atoms with van der Waals surface area (Å²) in [5.74, 6) is -3.18. The summed E-state index contributed by atoms with van der Waals surface area (Å²) in [6.45, 7) is -0.170. The Morgan fingerprint density at radius 1 is 1.45 bits per heavy atom. The number of rotatable bonds is 4. The molecule has 0 radical (unpaired) electrons. The number of carboxylic acid groups (broad SMARTS) is 1. The van der Waals surface area contributed by atoms with Gasteiger partial charge in [-0.15, -0.1) is 0 Å². The lowest BCUT2D eigenvalue weighted by Crippen LogP contribution is -2.42. The fraction of sp³-hybridized carbons (Fsp3) is 0.364. The van der Waals surface area contributed by atoms with E-state index in [0.29, 0.717) is 0 Å². The van der Waals surface area contributed by atoms with Crippen LogP contribution in [0.4, 0.5) is 4.39 Å². The van der Waals surface area contributed by atoms with Crippen LogP contribution in [-0.4, -0.2) is 38.7 Å². The van der Waals surface area contributed by atoms with Crippen LogP contribution >= 0.6 is 11.6 Å². The molecule has 20 heavy (non-hydrogen) atoms. The van der Waals surface area contributed by atoms with E-state index in [0.717, 1.165) is 12.1 Å². The summed E-state index contributed by atoms with van der Waals surface area (Å²) in [5.41, 5.74) is 0. The molecule has 0 saturated carbocycles. The van der Waals surface area contributed by atoms with Gasteiger partial charge in [-0.3, -0.25) is 4.79 Å². The number of hydrogen-bond donors (Lipinski definition) is 2. The smallest absolute Gasteiger partial charge is 0.310 e. The first-order valence-electron chi connectivity index (χ1n) is 5.59. The zero-order valence-corrected chi connectivity index (χ0v) is 11.6. The Morgan fingerprint density at radius 2 is 2.15 bits per heavy atom. The highest BCUT2D eigenvalue weighted by Crippen LogP contribution is 2.21. The largest absolute Gasteiger partial charge is 0.481 e. The molecule has 110 valence electrons. The van der Waals surface area contributed by atoms with Crippen LogP contribution in [0.5, 0.6) is 0 Å². The molecule has 2 rings (SSSR count). The maximum Gasteiger partial charge on any atom is 0.310 e. The maximum atomic E-state index is 13.6. The summed E-state index contributed by atoms with van der Waals surface area (Å²) in [5, 5.41) is 9.00. The molecule has 2 atom stereocenters. The van der Waals surface area contributed by atoms with Gasteiger partial charge in [0.1, 0.15) is 10.7 Å². The predicted molar refractivity (Wildman–Crippen MR) is 67.5 cm³/mol. The van der Waals surface area contributed by atoms with Gasteiger partial charge in [0.2, 0.25) is 10.0 Å². The minimum absolute atomic E-state index is 0.0639. The molecular formula is C11H11ClFNO5S. The van der Waals surface area contributed by atoms with Crippen molar-refractivity contribution in [2.24, 2.45) is 5.92 Å². The van der Waals surface area contributed by atoms with E-state index in [1.165, 1.54) is 6.07 Å². The minimum atomic E-state index is -4.18. The number of aliphatic carboxylic acids is 1. The molecule has 0 aliphatic carbocycles. The molecule has 2 N–H and O–H groups in total. The number of carbonyl (C=O) groups is 1. The molecule has 0 aromatic heterocycles. The highest BCUT2D eigenvalue weighted by Gasteiger charge is 2.37. The standard InChI is InChI=1S/C11H11ClFNO5S/c12-6-1-2-10(8(13)3-6)20(17,18)14-9-5-19-4-7(9)11(15)16/h1-3,7,9,14H,4-5H2,(H,15,16). The van der Waals surface area contributed by atoms with Crippen LogP contribution in [0.1, 0.15) is 0 Å². The van der Waals surface area contributed by atoms with E-state index in [9.17, 15) is 17.6 Å². The molecule has 1 aliphatic rings. The molecule has 0 spiro atoms. The van der Waals surface area contributed by atoms with Crippen molar-refractivity contribution in [2.45, 2.75) is 10.9 Å². The van der Waals surface area contributed by atoms with Crippen LogP contribution in [0.2, 0.25) is 5.02 Å². The van der Waals surface area contributed by atoms with E-state index in [2.05, 4.69) is 4.72 Å². The number of carboxylic acids is 1. The van der Waals surface area contributed by atoms with Crippen LogP contribution in [0.15, 0.2) is 23.1 Å². The van der Waals surface area contributed by atoms with Crippen LogP contribution in [0, 0.1) is 11.7 Å². The second-order valence-electron chi connectivity index (χ2n) is 4.28. The van der Waals surface area contributed by atoms with Crippen LogP contribution in [0.25, 0.3) is 0 Å². The van der Waals surface area contributed by atoms with Gasteiger partial charge in [-0.1, -0.05) is 11.6 Å². The summed E-state index contributed by atoms with van der Waals surface area (Å²) in [7, 11) is -4.18. The Hall–Kier alpha value is -1.22. The van der Waals surface area contributed by atoms with Gasteiger partial charge in [-0.05, 0) is 18.2 Å². The second kappa shape index (κ2) is 5.65. The van der Waals surface area contributed by atoms with Gasteiger partial charge in [0.15, 0.2) is 0 Å². The topological polar surface area (TPSA) is 92.7 Å². The first-order valence-corrected chi connectivity index (χ1v) is 7.45. The van der Waals surface area contributed by atoms with Gasteiger partial charge in [0, 0.05) is 5.02 Å². The fourth-order valence-electron chi connectivity index (χ4n) is 1.87. The number of hydrogen-bond acceptors (Lipinski definition) is 4. The van der Waals surface area contributed by atoms with Crippen LogP contribution in [0.3, 0.4) is 0 Å². The molecule has 1 heterocycles. The summed E-state index contributed by atoms with van der Waals surface area (Å²) in [6.07, 6.45) is 0. The third-order valence-corrected chi connectivity index (χ3v) is 4.65. The van der Waals surface area contributed by atoms with Crippen molar-refractivity contribution in [1.29, 1.82) is 0 Å². The zero-order valence-electron chi connectivity index (χ0n) is 10.0. The molecule has 6 nitrogen and oxygen atoms in total. The average Bonchev–Trinajstić information content (AvgIpc) is 2.75. The normalized spacial score (nSPS) is 22.9. The Labute approximate surface area is 119 Å². The maximum absolute atomic E-state index is 13.6. The first kappa shape index (κ1) is 15.2. The number of nitrogens with one attached hydrogen (secondary N) is 1. The molecule has 1 fully saturated rings. The molecule has 2 unspecified atom stereocenters. The highest BCUT2D eigenvalue weighted by atomic mass is 35.5. The third-order valence-electron chi connectivity index (χ3n) is 2.89. The van der Waals surface area contributed by atoms with E-state index < -0.39 is 38.7 Å². The number of sulfonamides is 1. The highest BCUT2D eigenvalue weighted by molar-refractivity contribution is 7.89. The molecule has 1 aromatic rings. The van der Waals surface area contributed by atoms with Crippen molar-refractivity contribution in [3.8, 4) is 0 Å². The lowest BCUT2D eigenvalue weighted by molar-refractivity contribution is -0.142. The molecule has 1 aliphatic heterocycles. The quantitative estimate of drug-likeness (QED) is 0.857. The minimum Gasteiger partial charge on any atom is -0.481 e. The van der Waals surface area contributed by atoms with Gasteiger partial charge in [-0.25, -0.2) is 17.5 Å². The van der Waals surface area contributed by atoms with Crippen molar-refractivity contribution < 1.29 is 27.4 Å². The van der Waals surface area contributed by atoms with Gasteiger partial charge in [0.25, 0.3) is 0 Å². The van der Waals surface area contributed by atoms with E-state index in [1.54, 1.807) is 0 Å². The first-order chi connectivity index (χ1) is 9.31. The molecule has 1 aromatic carbocycles. The van der Waals surface area contributed by atoms with Crippen molar-refractivity contribution in [3.05, 3.63) is 29.0 Å². The monoisotopic (exact) mass is 323 g/mol. The van der Waals surface area contributed by atoms with Crippen LogP contribution in [-0.2, 0) is 19.6 Å². The van der Waals surface area contributed by atoms with E-state index in [4.69, 9.17) is 21.4 Å². The fourth-order valence-corrected chi connectivity index (χ4v) is 3.35. The number of halogens is 2. The predicted octanol–water partition coefficient (Wildman–Crippen LogP) is 0.857. The summed E-state index contributed by atoms with van der Waals surface area (Å²) in [4.78, 5) is 10.4. The number of ether oxygens (including phenoxy) is 1. The summed E-state index contributed by atoms with van der Waals surface area (Å²) < 4.78 is 44.8. The lowest BCUT2D eigenvalue weighted by atomic mass is 10.1. The van der Waals surface area contributed by atoms with E-state index in [-0.39, 0.29) is 18.2 Å².